The van der Waals surface area contributed by atoms with Crippen LogP contribution in [0.3, 0.4) is 0 Å². The molecule has 2 aromatic rings. The third kappa shape index (κ3) is 2.43. The van der Waals surface area contributed by atoms with E-state index in [1.54, 1.807) is 30.5 Å². The van der Waals surface area contributed by atoms with Gasteiger partial charge in [0.05, 0.1) is 17.7 Å². The Morgan fingerprint density at radius 2 is 2.11 bits per heavy atom. The highest BCUT2D eigenvalue weighted by molar-refractivity contribution is 6.33. The molecule has 0 aliphatic carbocycles. The molecule has 1 aromatic carbocycles. The summed E-state index contributed by atoms with van der Waals surface area (Å²) in [6.45, 7) is 0. The molecule has 92 valence electrons. The minimum absolute atomic E-state index is 0.282. The maximum Gasteiger partial charge on any atom is 0.337 e. The van der Waals surface area contributed by atoms with E-state index in [2.05, 4.69) is 9.72 Å². The summed E-state index contributed by atoms with van der Waals surface area (Å²) in [6, 6.07) is 8.74. The molecule has 0 fully saturated rings. The second-order valence-corrected chi connectivity index (χ2v) is 4.07. The van der Waals surface area contributed by atoms with Crippen molar-refractivity contribution in [3.8, 4) is 11.1 Å². The molecule has 5 heteroatoms. The van der Waals surface area contributed by atoms with Crippen LogP contribution < -0.4 is 5.73 Å². The van der Waals surface area contributed by atoms with Gasteiger partial charge in [-0.1, -0.05) is 23.7 Å². The fourth-order valence-corrected chi connectivity index (χ4v) is 1.72. The van der Waals surface area contributed by atoms with Crippen molar-refractivity contribution >= 4 is 23.4 Å². The van der Waals surface area contributed by atoms with Crippen LogP contribution in [0, 0.1) is 0 Å². The molecule has 0 amide bonds. The molecule has 0 radical (unpaired) electrons. The van der Waals surface area contributed by atoms with Crippen LogP contribution in [0.1, 0.15) is 10.4 Å². The number of aromatic nitrogens is 1. The van der Waals surface area contributed by atoms with E-state index in [-0.39, 0.29) is 11.8 Å². The number of esters is 1. The number of rotatable bonds is 2. The van der Waals surface area contributed by atoms with Crippen molar-refractivity contribution in [3.05, 3.63) is 47.1 Å². The van der Waals surface area contributed by atoms with Crippen LogP contribution in [0.4, 0.5) is 5.82 Å². The van der Waals surface area contributed by atoms with E-state index in [4.69, 9.17) is 17.3 Å². The quantitative estimate of drug-likeness (QED) is 0.845. The number of nitrogen functional groups attached to an aromatic ring is 1. The number of benzene rings is 1. The number of pyridine rings is 1. The Labute approximate surface area is 109 Å². The van der Waals surface area contributed by atoms with Gasteiger partial charge in [0.15, 0.2) is 0 Å². The van der Waals surface area contributed by atoms with Gasteiger partial charge >= 0.3 is 5.97 Å². The van der Waals surface area contributed by atoms with Crippen LogP contribution in [-0.2, 0) is 4.74 Å². The monoisotopic (exact) mass is 262 g/mol. The Hall–Kier alpha value is -2.07. The van der Waals surface area contributed by atoms with Crippen LogP contribution in [0.15, 0.2) is 36.5 Å². The van der Waals surface area contributed by atoms with Crippen molar-refractivity contribution in [3.63, 3.8) is 0 Å². The van der Waals surface area contributed by atoms with E-state index in [1.165, 1.54) is 7.11 Å². The zero-order valence-corrected chi connectivity index (χ0v) is 10.4. The molecular formula is C13H11ClN2O2. The van der Waals surface area contributed by atoms with Gasteiger partial charge in [-0.05, 0) is 23.8 Å². The van der Waals surface area contributed by atoms with Gasteiger partial charge in [-0.15, -0.1) is 0 Å². The van der Waals surface area contributed by atoms with Crippen LogP contribution in [-0.4, -0.2) is 18.1 Å². The highest BCUT2D eigenvalue weighted by Gasteiger charge is 2.08. The number of halogens is 1. The largest absolute Gasteiger partial charge is 0.465 e. The lowest BCUT2D eigenvalue weighted by atomic mass is 10.0. The summed E-state index contributed by atoms with van der Waals surface area (Å²) in [7, 11) is 1.34. The summed E-state index contributed by atoms with van der Waals surface area (Å²) in [4.78, 5) is 15.4. The average Bonchev–Trinajstić information content (AvgIpc) is 2.41. The first kappa shape index (κ1) is 12.4. The molecule has 0 bridgehead atoms. The zero-order chi connectivity index (χ0) is 13.1. The van der Waals surface area contributed by atoms with Gasteiger partial charge in [-0.2, -0.15) is 0 Å². The number of nitrogens with two attached hydrogens (primary N) is 1. The molecule has 1 heterocycles. The topological polar surface area (TPSA) is 65.2 Å². The third-order valence-corrected chi connectivity index (χ3v) is 2.79. The van der Waals surface area contributed by atoms with Crippen molar-refractivity contribution in [1.29, 1.82) is 0 Å². The van der Waals surface area contributed by atoms with E-state index >= 15 is 0 Å². The Kier molecular flexibility index (Phi) is 3.48. The standard InChI is InChI=1S/C13H11ClN2O2/c1-18-13(17)9-4-2-3-8(5-9)10-6-11(14)12(15)16-7-10/h2-7H,1H3,(H2,15,16). The lowest BCUT2D eigenvalue weighted by Crippen LogP contribution is -2.00. The summed E-state index contributed by atoms with van der Waals surface area (Å²) in [5.41, 5.74) is 7.64. The summed E-state index contributed by atoms with van der Waals surface area (Å²) >= 11 is 5.91. The molecule has 18 heavy (non-hydrogen) atoms. The fourth-order valence-electron chi connectivity index (χ4n) is 1.55. The van der Waals surface area contributed by atoms with E-state index in [9.17, 15) is 4.79 Å². The summed E-state index contributed by atoms with van der Waals surface area (Å²) in [6.07, 6.45) is 1.61. The van der Waals surface area contributed by atoms with Crippen molar-refractivity contribution in [2.45, 2.75) is 0 Å². The zero-order valence-electron chi connectivity index (χ0n) is 9.68. The van der Waals surface area contributed by atoms with Gasteiger partial charge < -0.3 is 10.5 Å². The Morgan fingerprint density at radius 1 is 1.33 bits per heavy atom. The van der Waals surface area contributed by atoms with E-state index < -0.39 is 0 Å². The first-order valence-corrected chi connectivity index (χ1v) is 5.59. The normalized spacial score (nSPS) is 10.1. The predicted molar refractivity (Wildman–Crippen MR) is 70.4 cm³/mol. The first-order chi connectivity index (χ1) is 8.61. The maximum absolute atomic E-state index is 11.4. The number of hydrogen-bond acceptors (Lipinski definition) is 4. The number of carbonyl (C=O) groups is 1. The number of carbonyl (C=O) groups excluding carboxylic acids is 1. The molecule has 4 nitrogen and oxygen atoms in total. The number of ether oxygens (including phenoxy) is 1. The van der Waals surface area contributed by atoms with Gasteiger partial charge in [-0.25, -0.2) is 9.78 Å². The minimum atomic E-state index is -0.383. The first-order valence-electron chi connectivity index (χ1n) is 5.21. The van der Waals surface area contributed by atoms with Crippen molar-refractivity contribution in [2.24, 2.45) is 0 Å². The summed E-state index contributed by atoms with van der Waals surface area (Å²) < 4.78 is 4.67. The number of hydrogen-bond donors (Lipinski definition) is 1. The van der Waals surface area contributed by atoms with Crippen LogP contribution in [0.5, 0.6) is 0 Å². The van der Waals surface area contributed by atoms with Crippen LogP contribution in [0.2, 0.25) is 5.02 Å². The summed E-state index contributed by atoms with van der Waals surface area (Å²) in [5, 5.41) is 0.385. The van der Waals surface area contributed by atoms with Crippen molar-refractivity contribution in [2.75, 3.05) is 12.8 Å². The van der Waals surface area contributed by atoms with Crippen LogP contribution >= 0.6 is 11.6 Å². The maximum atomic E-state index is 11.4. The molecule has 0 saturated heterocycles. The molecule has 1 aromatic heterocycles. The van der Waals surface area contributed by atoms with E-state index in [0.717, 1.165) is 11.1 Å². The Bertz CT molecular complexity index is 599. The van der Waals surface area contributed by atoms with Crippen LogP contribution in [0.25, 0.3) is 11.1 Å². The number of nitrogens with zero attached hydrogens (tertiary/aromatic N) is 1. The Balaban J connectivity index is 2.44. The molecule has 0 unspecified atom stereocenters. The summed E-state index contributed by atoms with van der Waals surface area (Å²) in [5.74, 6) is -0.101. The van der Waals surface area contributed by atoms with Gasteiger partial charge in [-0.3, -0.25) is 0 Å². The van der Waals surface area contributed by atoms with E-state index in [1.807, 2.05) is 6.07 Å². The highest BCUT2D eigenvalue weighted by atomic mass is 35.5. The second-order valence-electron chi connectivity index (χ2n) is 3.66. The second kappa shape index (κ2) is 5.06. The molecule has 0 atom stereocenters. The SMILES string of the molecule is COC(=O)c1cccc(-c2cnc(N)c(Cl)c2)c1. The molecule has 0 aliphatic heterocycles. The van der Waals surface area contributed by atoms with Gasteiger partial charge in [0.2, 0.25) is 0 Å². The minimum Gasteiger partial charge on any atom is -0.465 e. The fraction of sp³-hybridized carbons (Fsp3) is 0.0769. The molecule has 2 N–H and O–H groups in total. The molecule has 0 saturated carbocycles. The number of anilines is 1. The average molecular weight is 263 g/mol. The van der Waals surface area contributed by atoms with Gasteiger partial charge in [0.25, 0.3) is 0 Å². The molecule has 0 aliphatic rings. The lowest BCUT2D eigenvalue weighted by molar-refractivity contribution is 0.0601. The smallest absolute Gasteiger partial charge is 0.337 e. The Morgan fingerprint density at radius 3 is 2.78 bits per heavy atom. The highest BCUT2D eigenvalue weighted by Crippen LogP contribution is 2.25. The van der Waals surface area contributed by atoms with Gasteiger partial charge in [0, 0.05) is 11.8 Å². The molecule has 0 spiro atoms. The predicted octanol–water partition coefficient (Wildman–Crippen LogP) is 2.77. The third-order valence-electron chi connectivity index (χ3n) is 2.49. The van der Waals surface area contributed by atoms with E-state index in [0.29, 0.717) is 10.6 Å². The van der Waals surface area contributed by atoms with Crippen molar-refractivity contribution < 1.29 is 9.53 Å². The molecule has 2 rings (SSSR count). The molecular weight excluding hydrogens is 252 g/mol. The van der Waals surface area contributed by atoms with Crippen molar-refractivity contribution in [1.82, 2.24) is 4.98 Å². The number of methoxy groups -OCH3 is 1. The van der Waals surface area contributed by atoms with Gasteiger partial charge in [0.1, 0.15) is 5.82 Å². The lowest BCUT2D eigenvalue weighted by Gasteiger charge is -2.05.